The van der Waals surface area contributed by atoms with Crippen LogP contribution in [0.2, 0.25) is 0 Å². The van der Waals surface area contributed by atoms with Crippen LogP contribution in [0.25, 0.3) is 0 Å². The van der Waals surface area contributed by atoms with E-state index in [1.807, 2.05) is 42.2 Å². The molecule has 7 heteroatoms. The fourth-order valence-electron chi connectivity index (χ4n) is 3.59. The molecule has 3 rings (SSSR count). The summed E-state index contributed by atoms with van der Waals surface area (Å²) in [4.78, 5) is 17.2. The van der Waals surface area contributed by atoms with Crippen molar-refractivity contribution in [1.82, 2.24) is 9.80 Å². The zero-order chi connectivity index (χ0) is 16.2. The Hall–Kier alpha value is -0.850. The molecule has 2 N–H and O–H groups in total. The number of morpholine rings is 1. The number of carbonyl (C=O) groups excluding carboxylic acids is 1. The fourth-order valence-corrected chi connectivity index (χ4v) is 3.59. The van der Waals surface area contributed by atoms with E-state index in [-0.39, 0.29) is 42.7 Å². The van der Waals surface area contributed by atoms with Crippen molar-refractivity contribution in [2.75, 3.05) is 39.4 Å². The van der Waals surface area contributed by atoms with Gasteiger partial charge in [0.15, 0.2) is 0 Å². The van der Waals surface area contributed by atoms with Gasteiger partial charge >= 0.3 is 0 Å². The first-order valence-corrected chi connectivity index (χ1v) is 8.58. The summed E-state index contributed by atoms with van der Waals surface area (Å²) >= 11 is 0. The van der Waals surface area contributed by atoms with E-state index >= 15 is 0 Å². The van der Waals surface area contributed by atoms with Crippen molar-refractivity contribution in [2.45, 2.75) is 25.4 Å². The van der Waals surface area contributed by atoms with Crippen LogP contribution in [0.5, 0.6) is 0 Å². The second-order valence-corrected chi connectivity index (χ2v) is 6.60. The molecule has 2 saturated heterocycles. The number of halogens is 2. The van der Waals surface area contributed by atoms with Gasteiger partial charge in [0.1, 0.15) is 0 Å². The minimum atomic E-state index is -0.244. The fraction of sp³-hybridized carbons (Fsp3) is 0.611. The summed E-state index contributed by atoms with van der Waals surface area (Å²) in [6.07, 6.45) is 1.05. The Morgan fingerprint density at radius 2 is 1.80 bits per heavy atom. The Morgan fingerprint density at radius 3 is 2.44 bits per heavy atom. The van der Waals surface area contributed by atoms with Gasteiger partial charge in [0, 0.05) is 38.3 Å². The molecule has 2 fully saturated rings. The molecule has 1 amide bonds. The van der Waals surface area contributed by atoms with E-state index in [1.54, 1.807) is 0 Å². The van der Waals surface area contributed by atoms with Crippen LogP contribution in [0.3, 0.4) is 0 Å². The molecule has 0 bridgehead atoms. The number of ether oxygens (including phenoxy) is 1. The van der Waals surface area contributed by atoms with Gasteiger partial charge in [0.05, 0.1) is 19.1 Å². The smallest absolute Gasteiger partial charge is 0.227 e. The normalized spacial score (nSPS) is 23.3. The van der Waals surface area contributed by atoms with Gasteiger partial charge < -0.3 is 15.4 Å². The Bertz CT molecular complexity index is 526. The third kappa shape index (κ3) is 5.31. The van der Waals surface area contributed by atoms with Gasteiger partial charge in [0.25, 0.3) is 0 Å². The van der Waals surface area contributed by atoms with Gasteiger partial charge in [-0.3, -0.25) is 9.69 Å². The van der Waals surface area contributed by atoms with E-state index in [0.717, 1.165) is 51.4 Å². The largest absolute Gasteiger partial charge is 0.379 e. The highest BCUT2D eigenvalue weighted by Crippen LogP contribution is 2.24. The second-order valence-electron chi connectivity index (χ2n) is 6.60. The highest BCUT2D eigenvalue weighted by atomic mass is 35.5. The first kappa shape index (κ1) is 22.2. The number of hydrogen-bond acceptors (Lipinski definition) is 4. The number of nitrogens with two attached hydrogens (primary N) is 1. The van der Waals surface area contributed by atoms with E-state index in [2.05, 4.69) is 4.90 Å². The molecule has 0 aromatic heterocycles. The average molecular weight is 390 g/mol. The maximum Gasteiger partial charge on any atom is 0.227 e. The van der Waals surface area contributed by atoms with Crippen molar-refractivity contribution in [3.63, 3.8) is 0 Å². The van der Waals surface area contributed by atoms with Crippen molar-refractivity contribution in [1.29, 1.82) is 0 Å². The van der Waals surface area contributed by atoms with Crippen molar-refractivity contribution < 1.29 is 9.53 Å². The maximum absolute atomic E-state index is 12.8. The number of amides is 1. The van der Waals surface area contributed by atoms with E-state index in [1.165, 1.54) is 0 Å². The Balaban J connectivity index is 0.00000156. The lowest BCUT2D eigenvalue weighted by molar-refractivity contribution is -0.134. The number of rotatable bonds is 4. The van der Waals surface area contributed by atoms with Gasteiger partial charge in [-0.15, -0.1) is 24.8 Å². The predicted octanol–water partition coefficient (Wildman–Crippen LogP) is 2.10. The van der Waals surface area contributed by atoms with Crippen molar-refractivity contribution >= 4 is 30.7 Å². The summed E-state index contributed by atoms with van der Waals surface area (Å²) in [7, 11) is 0. The van der Waals surface area contributed by atoms with Gasteiger partial charge in [-0.1, -0.05) is 37.3 Å². The van der Waals surface area contributed by atoms with Crippen LogP contribution in [-0.2, 0) is 9.53 Å². The topological polar surface area (TPSA) is 58.8 Å². The maximum atomic E-state index is 12.8. The van der Waals surface area contributed by atoms with E-state index < -0.39 is 0 Å². The second kappa shape index (κ2) is 10.3. The lowest BCUT2D eigenvalue weighted by atomic mass is 9.94. The third-order valence-corrected chi connectivity index (χ3v) is 5.15. The molecule has 2 heterocycles. The molecule has 5 nitrogen and oxygen atoms in total. The third-order valence-electron chi connectivity index (χ3n) is 5.15. The lowest BCUT2D eigenvalue weighted by Crippen LogP contribution is -2.46. The minimum Gasteiger partial charge on any atom is -0.379 e. The Kier molecular flexibility index (Phi) is 9.17. The quantitative estimate of drug-likeness (QED) is 0.856. The number of likely N-dealkylation sites (tertiary alicyclic amines) is 1. The minimum absolute atomic E-state index is 0. The molecule has 142 valence electrons. The molecule has 1 aromatic carbocycles. The molecule has 3 atom stereocenters. The summed E-state index contributed by atoms with van der Waals surface area (Å²) in [5.41, 5.74) is 7.34. The predicted molar refractivity (Wildman–Crippen MR) is 104 cm³/mol. The Labute approximate surface area is 162 Å². The summed E-state index contributed by atoms with van der Waals surface area (Å²) in [6, 6.07) is 10.1. The molecular weight excluding hydrogens is 361 g/mol. The van der Waals surface area contributed by atoms with Crippen LogP contribution in [0.4, 0.5) is 0 Å². The molecule has 2 aliphatic heterocycles. The SMILES string of the molecule is CC(C(=O)N1CCC(N2CCOCC2)C1)C(N)c1ccccc1.Cl.Cl. The zero-order valence-electron chi connectivity index (χ0n) is 14.7. The highest BCUT2D eigenvalue weighted by molar-refractivity contribution is 5.85. The lowest BCUT2D eigenvalue weighted by Gasteiger charge is -2.32. The van der Waals surface area contributed by atoms with Crippen LogP contribution in [0, 0.1) is 5.92 Å². The van der Waals surface area contributed by atoms with E-state index in [0.29, 0.717) is 6.04 Å². The van der Waals surface area contributed by atoms with Crippen LogP contribution in [0.15, 0.2) is 30.3 Å². The highest BCUT2D eigenvalue weighted by Gasteiger charge is 2.34. The molecule has 3 unspecified atom stereocenters. The molecule has 25 heavy (non-hydrogen) atoms. The van der Waals surface area contributed by atoms with Crippen LogP contribution in [0.1, 0.15) is 24.9 Å². The van der Waals surface area contributed by atoms with Gasteiger partial charge in [-0.2, -0.15) is 0 Å². The summed E-state index contributed by atoms with van der Waals surface area (Å²) < 4.78 is 5.41. The number of hydrogen-bond donors (Lipinski definition) is 1. The van der Waals surface area contributed by atoms with E-state index in [4.69, 9.17) is 10.5 Å². The van der Waals surface area contributed by atoms with E-state index in [9.17, 15) is 4.79 Å². The van der Waals surface area contributed by atoms with Crippen molar-refractivity contribution in [3.05, 3.63) is 35.9 Å². The van der Waals surface area contributed by atoms with Gasteiger partial charge in [0.2, 0.25) is 5.91 Å². The van der Waals surface area contributed by atoms with Crippen LogP contribution >= 0.6 is 24.8 Å². The van der Waals surface area contributed by atoms with Gasteiger partial charge in [-0.05, 0) is 12.0 Å². The molecule has 0 aliphatic carbocycles. The molecule has 1 aromatic rings. The monoisotopic (exact) mass is 389 g/mol. The summed E-state index contributed by atoms with van der Waals surface area (Å²) in [5, 5.41) is 0. The van der Waals surface area contributed by atoms with Gasteiger partial charge in [-0.25, -0.2) is 0 Å². The van der Waals surface area contributed by atoms with Crippen molar-refractivity contribution in [3.8, 4) is 0 Å². The molecule has 0 spiro atoms. The average Bonchev–Trinajstić information content (AvgIpc) is 3.11. The summed E-state index contributed by atoms with van der Waals surface area (Å²) in [5.74, 6) is -0.0158. The molecule has 0 saturated carbocycles. The number of benzene rings is 1. The zero-order valence-corrected chi connectivity index (χ0v) is 16.3. The van der Waals surface area contributed by atoms with Crippen LogP contribution in [-0.4, -0.2) is 61.1 Å². The number of carbonyl (C=O) groups is 1. The van der Waals surface area contributed by atoms with Crippen LogP contribution < -0.4 is 5.73 Å². The summed E-state index contributed by atoms with van der Waals surface area (Å²) in [6.45, 7) is 7.18. The first-order valence-electron chi connectivity index (χ1n) is 8.58. The first-order chi connectivity index (χ1) is 11.2. The standard InChI is InChI=1S/C18H27N3O2.2ClH/c1-14(17(19)15-5-3-2-4-6-15)18(22)21-8-7-16(13-21)20-9-11-23-12-10-20;;/h2-6,14,16-17H,7-13,19H2,1H3;2*1H. The number of nitrogens with zero attached hydrogens (tertiary/aromatic N) is 2. The molecule has 2 aliphatic rings. The molecule has 0 radical (unpaired) electrons. The molecular formula is C18H29Cl2N3O2. The van der Waals surface area contributed by atoms with Crippen molar-refractivity contribution in [2.24, 2.45) is 11.7 Å². The Morgan fingerprint density at radius 1 is 1.16 bits per heavy atom.